The smallest absolute Gasteiger partial charge is 0.242 e. The summed E-state index contributed by atoms with van der Waals surface area (Å²) in [6, 6.07) is 9.96. The number of amides is 1. The molecule has 6 nitrogen and oxygen atoms in total. The second-order valence-electron chi connectivity index (χ2n) is 7.32. The lowest BCUT2D eigenvalue weighted by Crippen LogP contribution is -2.37. The number of rotatable bonds is 5. The lowest BCUT2D eigenvalue weighted by Gasteiger charge is -2.24. The van der Waals surface area contributed by atoms with Crippen molar-refractivity contribution in [3.8, 4) is 0 Å². The van der Waals surface area contributed by atoms with Crippen molar-refractivity contribution in [2.24, 2.45) is 0 Å². The molecule has 1 fully saturated rings. The molecule has 28 heavy (non-hydrogen) atoms. The van der Waals surface area contributed by atoms with Crippen LogP contribution in [0.4, 0.5) is 5.82 Å². The Morgan fingerprint density at radius 3 is 2.86 bits per heavy atom. The largest absolute Gasteiger partial charge is 0.383 e. The molecule has 1 aliphatic rings. The number of aromatic nitrogens is 2. The van der Waals surface area contributed by atoms with Crippen LogP contribution in [0.1, 0.15) is 29.3 Å². The molecular weight excluding hydrogens is 372 g/mol. The average Bonchev–Trinajstić information content (AvgIpc) is 3.31. The summed E-state index contributed by atoms with van der Waals surface area (Å²) in [6.07, 6.45) is 3.02. The topological polar surface area (TPSA) is 78.4 Å². The summed E-state index contributed by atoms with van der Waals surface area (Å²) in [5.41, 5.74) is 1.04. The van der Waals surface area contributed by atoms with Gasteiger partial charge >= 0.3 is 0 Å². The van der Waals surface area contributed by atoms with Crippen molar-refractivity contribution in [1.82, 2.24) is 14.9 Å². The number of carbonyl (C=O) groups excluding carboxylic acids is 1. The van der Waals surface area contributed by atoms with Crippen molar-refractivity contribution < 1.29 is 9.90 Å². The first-order valence-corrected chi connectivity index (χ1v) is 10.3. The van der Waals surface area contributed by atoms with Crippen LogP contribution in [0.5, 0.6) is 0 Å². The SMILES string of the molecule is CCc1cc2c(NCC(=O)N3CC[C@](O)(c4ccc(C)cc4)C3)ncnc2s1. The van der Waals surface area contributed by atoms with E-state index in [1.165, 1.54) is 11.2 Å². The number of aliphatic hydroxyl groups is 1. The summed E-state index contributed by atoms with van der Waals surface area (Å²) < 4.78 is 0. The van der Waals surface area contributed by atoms with Gasteiger partial charge in [-0.2, -0.15) is 0 Å². The Balaban J connectivity index is 1.42. The molecule has 146 valence electrons. The van der Waals surface area contributed by atoms with E-state index in [1.54, 1.807) is 16.2 Å². The van der Waals surface area contributed by atoms with E-state index < -0.39 is 5.60 Å². The monoisotopic (exact) mass is 396 g/mol. The first kappa shape index (κ1) is 18.8. The second-order valence-corrected chi connectivity index (χ2v) is 8.44. The molecule has 1 amide bonds. The van der Waals surface area contributed by atoms with Gasteiger partial charge in [0.05, 0.1) is 18.5 Å². The van der Waals surface area contributed by atoms with Crippen LogP contribution in [-0.2, 0) is 16.8 Å². The van der Waals surface area contributed by atoms with Gasteiger partial charge in [0.25, 0.3) is 0 Å². The van der Waals surface area contributed by atoms with Crippen LogP contribution in [0.25, 0.3) is 10.2 Å². The van der Waals surface area contributed by atoms with E-state index in [2.05, 4.69) is 28.3 Å². The number of nitrogens with one attached hydrogen (secondary N) is 1. The lowest BCUT2D eigenvalue weighted by atomic mass is 9.92. The van der Waals surface area contributed by atoms with Crippen molar-refractivity contribution >= 4 is 33.3 Å². The number of fused-ring (bicyclic) bond motifs is 1. The molecule has 2 aromatic heterocycles. The molecule has 4 rings (SSSR count). The van der Waals surface area contributed by atoms with Crippen molar-refractivity contribution in [2.75, 3.05) is 25.0 Å². The van der Waals surface area contributed by atoms with Gasteiger partial charge in [-0.25, -0.2) is 9.97 Å². The predicted octanol–water partition coefficient (Wildman–Crippen LogP) is 3.09. The normalized spacial score (nSPS) is 19.3. The number of anilines is 1. The minimum Gasteiger partial charge on any atom is -0.383 e. The maximum absolute atomic E-state index is 12.7. The molecule has 1 atom stereocenters. The quantitative estimate of drug-likeness (QED) is 0.693. The highest BCUT2D eigenvalue weighted by atomic mass is 32.1. The van der Waals surface area contributed by atoms with E-state index in [9.17, 15) is 9.90 Å². The molecule has 0 unspecified atom stereocenters. The van der Waals surface area contributed by atoms with Gasteiger partial charge < -0.3 is 15.3 Å². The fourth-order valence-electron chi connectivity index (χ4n) is 3.60. The molecule has 2 N–H and O–H groups in total. The minimum absolute atomic E-state index is 0.0410. The fourth-order valence-corrected chi connectivity index (χ4v) is 4.53. The minimum atomic E-state index is -0.977. The van der Waals surface area contributed by atoms with Crippen LogP contribution in [0.15, 0.2) is 36.7 Å². The van der Waals surface area contributed by atoms with Crippen LogP contribution in [0, 0.1) is 6.92 Å². The van der Waals surface area contributed by atoms with Crippen LogP contribution in [0.2, 0.25) is 0 Å². The molecule has 7 heteroatoms. The third-order valence-corrected chi connectivity index (χ3v) is 6.51. The Labute approximate surface area is 168 Å². The summed E-state index contributed by atoms with van der Waals surface area (Å²) >= 11 is 1.65. The van der Waals surface area contributed by atoms with E-state index in [-0.39, 0.29) is 12.5 Å². The van der Waals surface area contributed by atoms with Crippen LogP contribution in [-0.4, -0.2) is 45.5 Å². The summed E-state index contributed by atoms with van der Waals surface area (Å²) in [7, 11) is 0. The Morgan fingerprint density at radius 1 is 1.32 bits per heavy atom. The number of benzene rings is 1. The third-order valence-electron chi connectivity index (χ3n) is 5.33. The van der Waals surface area contributed by atoms with Gasteiger partial charge in [0.2, 0.25) is 5.91 Å². The Hall–Kier alpha value is -2.51. The van der Waals surface area contributed by atoms with Gasteiger partial charge in [-0.05, 0) is 31.4 Å². The van der Waals surface area contributed by atoms with Gasteiger partial charge in [0.15, 0.2) is 0 Å². The van der Waals surface area contributed by atoms with E-state index in [0.29, 0.717) is 25.3 Å². The Kier molecular flexibility index (Phi) is 5.03. The lowest BCUT2D eigenvalue weighted by molar-refractivity contribution is -0.129. The molecule has 1 aromatic carbocycles. The molecule has 0 radical (unpaired) electrons. The summed E-state index contributed by atoms with van der Waals surface area (Å²) in [5, 5.41) is 15.1. The molecule has 0 spiro atoms. The van der Waals surface area contributed by atoms with Crippen molar-refractivity contribution in [3.63, 3.8) is 0 Å². The highest BCUT2D eigenvalue weighted by Crippen LogP contribution is 2.32. The maximum Gasteiger partial charge on any atom is 0.242 e. The second kappa shape index (κ2) is 7.48. The number of β-amino-alcohol motifs (C(OH)–C–C–N with tert-alkyl or cyclic N) is 1. The molecule has 1 aliphatic heterocycles. The molecule has 3 heterocycles. The van der Waals surface area contributed by atoms with E-state index in [1.807, 2.05) is 31.2 Å². The van der Waals surface area contributed by atoms with Crippen molar-refractivity contribution in [2.45, 2.75) is 32.3 Å². The highest BCUT2D eigenvalue weighted by Gasteiger charge is 2.39. The number of likely N-dealkylation sites (tertiary alicyclic amines) is 1. The Bertz CT molecular complexity index is 1000. The van der Waals surface area contributed by atoms with Crippen molar-refractivity contribution in [3.05, 3.63) is 52.7 Å². The number of carbonyl (C=O) groups is 1. The van der Waals surface area contributed by atoms with Crippen LogP contribution < -0.4 is 5.32 Å². The van der Waals surface area contributed by atoms with Crippen molar-refractivity contribution in [1.29, 1.82) is 0 Å². The average molecular weight is 397 g/mol. The van der Waals surface area contributed by atoms with Gasteiger partial charge in [-0.1, -0.05) is 36.8 Å². The van der Waals surface area contributed by atoms with Gasteiger partial charge in [0.1, 0.15) is 22.6 Å². The first-order chi connectivity index (χ1) is 13.5. The molecule has 1 saturated heterocycles. The van der Waals surface area contributed by atoms with Gasteiger partial charge in [0, 0.05) is 11.4 Å². The highest BCUT2D eigenvalue weighted by molar-refractivity contribution is 7.18. The summed E-state index contributed by atoms with van der Waals surface area (Å²) in [4.78, 5) is 25.2. The summed E-state index contributed by atoms with van der Waals surface area (Å²) in [5.74, 6) is 0.642. The standard InChI is InChI=1S/C21H24N4O2S/c1-3-16-10-17-19(23-13-24-20(17)28-16)22-11-18(26)25-9-8-21(27,12-25)15-6-4-14(2)5-7-15/h4-7,10,13,27H,3,8-9,11-12H2,1-2H3,(H,22,23,24)/t21-/m1/s1. The van der Waals surface area contributed by atoms with E-state index in [0.717, 1.165) is 27.8 Å². The maximum atomic E-state index is 12.7. The molecular formula is C21H24N4O2S. The van der Waals surface area contributed by atoms with Crippen LogP contribution >= 0.6 is 11.3 Å². The van der Waals surface area contributed by atoms with Gasteiger partial charge in [-0.3, -0.25) is 4.79 Å². The molecule has 0 bridgehead atoms. The number of thiophene rings is 1. The summed E-state index contributed by atoms with van der Waals surface area (Å²) in [6.45, 7) is 5.13. The van der Waals surface area contributed by atoms with E-state index in [4.69, 9.17) is 0 Å². The number of hydrogen-bond acceptors (Lipinski definition) is 6. The zero-order chi connectivity index (χ0) is 19.7. The number of nitrogens with zero attached hydrogens (tertiary/aromatic N) is 3. The Morgan fingerprint density at radius 2 is 2.11 bits per heavy atom. The third kappa shape index (κ3) is 3.59. The predicted molar refractivity (Wildman–Crippen MR) is 112 cm³/mol. The number of aryl methyl sites for hydroxylation is 2. The van der Waals surface area contributed by atoms with Gasteiger partial charge in [-0.15, -0.1) is 11.3 Å². The zero-order valence-electron chi connectivity index (χ0n) is 16.1. The zero-order valence-corrected chi connectivity index (χ0v) is 16.9. The molecule has 3 aromatic rings. The first-order valence-electron chi connectivity index (χ1n) is 9.53. The fraction of sp³-hybridized carbons (Fsp3) is 0.381. The molecule has 0 aliphatic carbocycles. The van der Waals surface area contributed by atoms with Crippen LogP contribution in [0.3, 0.4) is 0 Å². The van der Waals surface area contributed by atoms with E-state index >= 15 is 0 Å². The molecule has 0 saturated carbocycles. The number of hydrogen-bond donors (Lipinski definition) is 2.